The number of benzene rings is 1. The molecule has 1 aromatic heterocycles. The highest BCUT2D eigenvalue weighted by molar-refractivity contribution is 7.89. The topological polar surface area (TPSA) is 90.0 Å². The fraction of sp³-hybridized carbons (Fsp3) is 0.250. The van der Waals surface area contributed by atoms with E-state index in [0.717, 1.165) is 5.69 Å². The largest absolute Gasteiger partial charge is 0.326 e. The van der Waals surface area contributed by atoms with Crippen molar-refractivity contribution in [3.8, 4) is 0 Å². The van der Waals surface area contributed by atoms with Crippen LogP contribution < -0.4 is 10.5 Å². The lowest BCUT2D eigenvalue weighted by Gasteiger charge is -2.10. The predicted octanol–water partition coefficient (Wildman–Crippen LogP) is 1.01. The second-order valence-electron chi connectivity index (χ2n) is 4.24. The van der Waals surface area contributed by atoms with Gasteiger partial charge in [0.2, 0.25) is 10.0 Å². The molecule has 2 rings (SSSR count). The fourth-order valence-corrected chi connectivity index (χ4v) is 3.25. The van der Waals surface area contributed by atoms with Crippen LogP contribution in [0.5, 0.6) is 0 Å². The lowest BCUT2D eigenvalue weighted by atomic mass is 10.2. The molecule has 0 spiro atoms. The van der Waals surface area contributed by atoms with Crippen molar-refractivity contribution >= 4 is 21.6 Å². The van der Waals surface area contributed by atoms with Gasteiger partial charge in [0.05, 0.1) is 17.3 Å². The van der Waals surface area contributed by atoms with Gasteiger partial charge < -0.3 is 5.73 Å². The number of hydrogen-bond acceptors (Lipinski definition) is 4. The van der Waals surface area contributed by atoms with Crippen LogP contribution in [0.15, 0.2) is 35.4 Å². The average Bonchev–Trinajstić information content (AvgIpc) is 2.82. The number of halogens is 1. The summed E-state index contributed by atoms with van der Waals surface area (Å²) in [5.41, 5.74) is 6.97. The third-order valence-electron chi connectivity index (χ3n) is 2.89. The van der Waals surface area contributed by atoms with Crippen molar-refractivity contribution in [2.24, 2.45) is 12.8 Å². The number of nitrogens with two attached hydrogens (primary N) is 1. The number of nitrogens with one attached hydrogen (secondary N) is 1. The Kier molecular flexibility index (Phi) is 4.44. The molecule has 0 amide bonds. The minimum absolute atomic E-state index is 0.0317. The zero-order valence-corrected chi connectivity index (χ0v) is 12.4. The van der Waals surface area contributed by atoms with E-state index in [2.05, 4.69) is 9.82 Å². The highest BCUT2D eigenvalue weighted by Gasteiger charge is 2.18. The maximum atomic E-state index is 12.3. The minimum atomic E-state index is -3.69. The molecule has 1 aromatic carbocycles. The second-order valence-corrected chi connectivity index (χ2v) is 6.38. The summed E-state index contributed by atoms with van der Waals surface area (Å²) in [6.45, 7) is 0.392. The van der Waals surface area contributed by atoms with Crippen molar-refractivity contribution in [3.05, 3.63) is 46.7 Å². The monoisotopic (exact) mass is 314 g/mol. The third-order valence-corrected chi connectivity index (χ3v) is 4.77. The summed E-state index contributed by atoms with van der Waals surface area (Å²) >= 11 is 5.95. The van der Waals surface area contributed by atoms with E-state index in [1.807, 2.05) is 0 Å². The van der Waals surface area contributed by atoms with E-state index in [9.17, 15) is 8.42 Å². The summed E-state index contributed by atoms with van der Waals surface area (Å²) in [6, 6.07) is 6.44. The summed E-state index contributed by atoms with van der Waals surface area (Å²) in [5, 5.41) is 4.14. The van der Waals surface area contributed by atoms with Crippen molar-refractivity contribution in [2.75, 3.05) is 0 Å². The summed E-state index contributed by atoms with van der Waals surface area (Å²) in [7, 11) is -1.95. The van der Waals surface area contributed by atoms with Crippen molar-refractivity contribution in [2.45, 2.75) is 18.0 Å². The Morgan fingerprint density at radius 2 is 2.15 bits per heavy atom. The van der Waals surface area contributed by atoms with Crippen LogP contribution in [0.3, 0.4) is 0 Å². The molecule has 0 radical (unpaired) electrons. The molecule has 0 bridgehead atoms. The molecule has 0 fully saturated rings. The van der Waals surface area contributed by atoms with Crippen LogP contribution in [-0.2, 0) is 30.2 Å². The zero-order chi connectivity index (χ0) is 14.8. The highest BCUT2D eigenvalue weighted by atomic mass is 35.5. The van der Waals surface area contributed by atoms with Crippen LogP contribution in [0.2, 0.25) is 5.02 Å². The van der Waals surface area contributed by atoms with Gasteiger partial charge in [0.25, 0.3) is 0 Å². The summed E-state index contributed by atoms with van der Waals surface area (Å²) < 4.78 is 28.6. The van der Waals surface area contributed by atoms with Gasteiger partial charge in [-0.2, -0.15) is 5.10 Å². The Morgan fingerprint density at radius 3 is 2.75 bits per heavy atom. The Bertz CT molecular complexity index is 712. The van der Waals surface area contributed by atoms with Gasteiger partial charge in [0, 0.05) is 19.8 Å². The molecular formula is C12H15ClN4O2S. The lowest BCUT2D eigenvalue weighted by Crippen LogP contribution is -2.25. The molecule has 0 aliphatic carbocycles. The molecule has 1 heterocycles. The van der Waals surface area contributed by atoms with Gasteiger partial charge in [-0.25, -0.2) is 13.1 Å². The normalized spacial score (nSPS) is 11.8. The van der Waals surface area contributed by atoms with E-state index < -0.39 is 10.0 Å². The van der Waals surface area contributed by atoms with E-state index in [1.165, 1.54) is 12.1 Å². The molecular weight excluding hydrogens is 300 g/mol. The van der Waals surface area contributed by atoms with E-state index >= 15 is 0 Å². The van der Waals surface area contributed by atoms with Crippen molar-refractivity contribution in [1.29, 1.82) is 0 Å². The minimum Gasteiger partial charge on any atom is -0.326 e. The molecule has 0 aliphatic heterocycles. The Morgan fingerprint density at radius 1 is 1.40 bits per heavy atom. The van der Waals surface area contributed by atoms with Crippen LogP contribution in [0, 0.1) is 0 Å². The third kappa shape index (κ3) is 3.18. The van der Waals surface area contributed by atoms with Crippen LogP contribution in [-0.4, -0.2) is 18.2 Å². The van der Waals surface area contributed by atoms with Crippen LogP contribution >= 0.6 is 11.6 Å². The van der Waals surface area contributed by atoms with Crippen LogP contribution in [0.1, 0.15) is 11.3 Å². The number of aromatic nitrogens is 2. The van der Waals surface area contributed by atoms with Crippen molar-refractivity contribution in [1.82, 2.24) is 14.5 Å². The molecule has 20 heavy (non-hydrogen) atoms. The molecule has 0 saturated heterocycles. The van der Waals surface area contributed by atoms with Gasteiger partial charge >= 0.3 is 0 Å². The van der Waals surface area contributed by atoms with Crippen LogP contribution in [0.4, 0.5) is 0 Å². The first-order valence-corrected chi connectivity index (χ1v) is 7.75. The quantitative estimate of drug-likeness (QED) is 0.862. The van der Waals surface area contributed by atoms with Crippen LogP contribution in [0.25, 0.3) is 0 Å². The zero-order valence-electron chi connectivity index (χ0n) is 10.9. The Balaban J connectivity index is 2.24. The molecule has 6 nitrogen and oxygen atoms in total. The number of aryl methyl sites for hydroxylation is 1. The smallest absolute Gasteiger partial charge is 0.242 e. The molecule has 0 unspecified atom stereocenters. The number of sulfonamides is 1. The SMILES string of the molecule is Cn1nccc1CNS(=O)(=O)c1cc(CN)ccc1Cl. The fourth-order valence-electron chi connectivity index (χ4n) is 1.70. The highest BCUT2D eigenvalue weighted by Crippen LogP contribution is 2.22. The molecule has 2 aromatic rings. The summed E-state index contributed by atoms with van der Waals surface area (Å²) in [5.74, 6) is 0. The standard InChI is InChI=1S/C12H15ClN4O2S/c1-17-10(4-5-15-17)8-16-20(18,19)12-6-9(7-14)2-3-11(12)13/h2-6,16H,7-8,14H2,1H3. The van der Waals surface area contributed by atoms with Crippen molar-refractivity contribution < 1.29 is 8.42 Å². The molecule has 0 saturated carbocycles. The first-order valence-electron chi connectivity index (χ1n) is 5.89. The summed E-state index contributed by atoms with van der Waals surface area (Å²) in [6.07, 6.45) is 1.60. The maximum Gasteiger partial charge on any atom is 0.242 e. The summed E-state index contributed by atoms with van der Waals surface area (Å²) in [4.78, 5) is 0.0317. The lowest BCUT2D eigenvalue weighted by molar-refractivity contribution is 0.577. The Hall–Kier alpha value is -1.41. The molecule has 0 aliphatic rings. The Labute approximate surface area is 122 Å². The van der Waals surface area contributed by atoms with Gasteiger partial charge in [-0.1, -0.05) is 17.7 Å². The van der Waals surface area contributed by atoms with Gasteiger partial charge in [0.15, 0.2) is 0 Å². The first kappa shape index (κ1) is 15.0. The average molecular weight is 315 g/mol. The second kappa shape index (κ2) is 5.92. The predicted molar refractivity (Wildman–Crippen MR) is 76.6 cm³/mol. The molecule has 8 heteroatoms. The van der Waals surface area contributed by atoms with E-state index in [4.69, 9.17) is 17.3 Å². The number of rotatable bonds is 5. The van der Waals surface area contributed by atoms with Crippen molar-refractivity contribution in [3.63, 3.8) is 0 Å². The van der Waals surface area contributed by atoms with Gasteiger partial charge in [-0.15, -0.1) is 0 Å². The van der Waals surface area contributed by atoms with E-state index in [-0.39, 0.29) is 23.0 Å². The molecule has 0 atom stereocenters. The van der Waals surface area contributed by atoms with E-state index in [1.54, 1.807) is 30.1 Å². The number of nitrogens with zero attached hydrogens (tertiary/aromatic N) is 2. The van der Waals surface area contributed by atoms with Gasteiger partial charge in [-0.3, -0.25) is 4.68 Å². The first-order chi connectivity index (χ1) is 9.44. The maximum absolute atomic E-state index is 12.3. The van der Waals surface area contributed by atoms with Gasteiger partial charge in [-0.05, 0) is 23.8 Å². The number of hydrogen-bond donors (Lipinski definition) is 2. The van der Waals surface area contributed by atoms with Gasteiger partial charge in [0.1, 0.15) is 4.90 Å². The van der Waals surface area contributed by atoms with E-state index in [0.29, 0.717) is 5.56 Å². The molecule has 3 N–H and O–H groups in total. The molecule has 108 valence electrons.